The smallest absolute Gasteiger partial charge is 0.196 e. The number of rotatable bonds is 2. The number of hydrogen-bond acceptors (Lipinski definition) is 4. The number of hydrogen-bond donors (Lipinski definition) is 0. The monoisotopic (exact) mass is 406 g/mol. The van der Waals surface area contributed by atoms with Crippen molar-refractivity contribution in [2.24, 2.45) is 0 Å². The molecule has 7 heteroatoms. The number of thiophene rings is 1. The van der Waals surface area contributed by atoms with Gasteiger partial charge in [0.2, 0.25) is 0 Å². The van der Waals surface area contributed by atoms with Crippen LogP contribution in [0.1, 0.15) is 22.3 Å². The summed E-state index contributed by atoms with van der Waals surface area (Å²) in [5, 5.41) is 0. The molecule has 1 aliphatic rings. The van der Waals surface area contributed by atoms with Crippen molar-refractivity contribution in [3.63, 3.8) is 0 Å². The Morgan fingerprint density at radius 2 is 1.76 bits per heavy atom. The number of benzene rings is 1. The van der Waals surface area contributed by atoms with E-state index in [0.29, 0.717) is 49.0 Å². The number of carbonyl (C=O) groups is 1. The summed E-state index contributed by atoms with van der Waals surface area (Å²) in [5.74, 6) is 0.993. The van der Waals surface area contributed by atoms with Gasteiger partial charge in [-0.05, 0) is 34.1 Å². The lowest BCUT2D eigenvalue weighted by atomic mass is 10.1. The number of fused-ring (bicyclic) bond motifs is 1. The molecule has 0 atom stereocenters. The lowest BCUT2D eigenvalue weighted by Gasteiger charge is -2.11. The van der Waals surface area contributed by atoms with Gasteiger partial charge in [0.25, 0.3) is 0 Å². The van der Waals surface area contributed by atoms with Gasteiger partial charge in [-0.1, -0.05) is 23.2 Å². The normalized spacial score (nSPS) is 13.9. The summed E-state index contributed by atoms with van der Waals surface area (Å²) >= 11 is 16.5. The molecule has 1 aromatic heterocycles. The molecule has 0 bridgehead atoms. The Labute approximate surface area is 143 Å². The van der Waals surface area contributed by atoms with E-state index in [1.165, 1.54) is 11.3 Å². The second-order valence-electron chi connectivity index (χ2n) is 4.40. The zero-order valence-electron chi connectivity index (χ0n) is 10.6. The second kappa shape index (κ2) is 6.16. The van der Waals surface area contributed by atoms with Gasteiger partial charge < -0.3 is 9.47 Å². The lowest BCUT2D eigenvalue weighted by molar-refractivity contribution is 0.103. The van der Waals surface area contributed by atoms with E-state index in [2.05, 4.69) is 15.9 Å². The molecule has 0 fully saturated rings. The maximum absolute atomic E-state index is 12.6. The highest BCUT2D eigenvalue weighted by Gasteiger charge is 2.22. The summed E-state index contributed by atoms with van der Waals surface area (Å²) in [7, 11) is 0. The Kier molecular flexibility index (Phi) is 4.45. The highest BCUT2D eigenvalue weighted by atomic mass is 79.9. The Morgan fingerprint density at radius 1 is 1.10 bits per heavy atom. The van der Waals surface area contributed by atoms with Gasteiger partial charge in [0, 0.05) is 16.5 Å². The van der Waals surface area contributed by atoms with Crippen LogP contribution in [0.3, 0.4) is 0 Å². The molecule has 0 aliphatic carbocycles. The lowest BCUT2D eigenvalue weighted by Crippen LogP contribution is -2.03. The van der Waals surface area contributed by atoms with Gasteiger partial charge in [-0.25, -0.2) is 0 Å². The first-order valence-electron chi connectivity index (χ1n) is 6.15. The Hall–Kier alpha value is -0.750. The molecule has 21 heavy (non-hydrogen) atoms. The van der Waals surface area contributed by atoms with Crippen molar-refractivity contribution in [1.29, 1.82) is 0 Å². The van der Waals surface area contributed by atoms with Crippen LogP contribution in [0, 0.1) is 0 Å². The maximum Gasteiger partial charge on any atom is 0.196 e. The fourth-order valence-electron chi connectivity index (χ4n) is 2.00. The van der Waals surface area contributed by atoms with E-state index in [9.17, 15) is 4.79 Å². The van der Waals surface area contributed by atoms with E-state index in [4.69, 9.17) is 32.7 Å². The van der Waals surface area contributed by atoms with Crippen LogP contribution in [0.25, 0.3) is 0 Å². The van der Waals surface area contributed by atoms with Crippen molar-refractivity contribution >= 4 is 56.3 Å². The van der Waals surface area contributed by atoms with Crippen LogP contribution in [0.5, 0.6) is 11.5 Å². The van der Waals surface area contributed by atoms with E-state index in [-0.39, 0.29) is 5.78 Å². The molecule has 1 aliphatic heterocycles. The molecular weight excluding hydrogens is 399 g/mol. The van der Waals surface area contributed by atoms with E-state index < -0.39 is 0 Å². The molecule has 1 aromatic carbocycles. The number of ether oxygens (including phenoxy) is 2. The Balaban J connectivity index is 2.04. The molecule has 0 saturated carbocycles. The third-order valence-electron chi connectivity index (χ3n) is 2.98. The zero-order chi connectivity index (χ0) is 15.0. The average molecular weight is 408 g/mol. The third kappa shape index (κ3) is 3.06. The van der Waals surface area contributed by atoms with E-state index in [0.717, 1.165) is 6.42 Å². The molecule has 2 aromatic rings. The number of carbonyl (C=O) groups excluding carboxylic acids is 1. The standard InChI is InChI=1S/C14H9BrCl2O3S/c15-9-6-11-10(19-2-1-3-20-11)4-7(9)13(18)8-5-12(16)21-14(8)17/h4-6H,1-3H2. The first-order valence-corrected chi connectivity index (χ1v) is 8.51. The molecule has 3 nitrogen and oxygen atoms in total. The molecule has 2 heterocycles. The minimum absolute atomic E-state index is 0.203. The summed E-state index contributed by atoms with van der Waals surface area (Å²) in [6, 6.07) is 5.00. The summed E-state index contributed by atoms with van der Waals surface area (Å²) in [6.07, 6.45) is 0.807. The molecule has 0 spiro atoms. The van der Waals surface area contributed by atoms with Crippen molar-refractivity contribution in [1.82, 2.24) is 0 Å². The van der Waals surface area contributed by atoms with Crippen molar-refractivity contribution in [2.75, 3.05) is 13.2 Å². The number of halogens is 3. The van der Waals surface area contributed by atoms with Gasteiger partial charge >= 0.3 is 0 Å². The average Bonchev–Trinajstić information content (AvgIpc) is 2.64. The zero-order valence-corrected chi connectivity index (χ0v) is 14.5. The summed E-state index contributed by atoms with van der Waals surface area (Å²) < 4.78 is 12.7. The van der Waals surface area contributed by atoms with Gasteiger partial charge in [-0.15, -0.1) is 11.3 Å². The molecule has 3 rings (SSSR count). The van der Waals surface area contributed by atoms with Crippen molar-refractivity contribution in [2.45, 2.75) is 6.42 Å². The van der Waals surface area contributed by atoms with Crippen LogP contribution < -0.4 is 9.47 Å². The van der Waals surface area contributed by atoms with Gasteiger partial charge in [0.15, 0.2) is 17.3 Å². The molecule has 0 unspecified atom stereocenters. The maximum atomic E-state index is 12.6. The van der Waals surface area contributed by atoms with Crippen molar-refractivity contribution < 1.29 is 14.3 Å². The Morgan fingerprint density at radius 3 is 2.38 bits per heavy atom. The van der Waals surface area contributed by atoms with Crippen LogP contribution in [0.4, 0.5) is 0 Å². The van der Waals surface area contributed by atoms with Crippen LogP contribution in [0.15, 0.2) is 22.7 Å². The SMILES string of the molecule is O=C(c1cc2c(cc1Br)OCCCO2)c1cc(Cl)sc1Cl. The molecule has 0 saturated heterocycles. The van der Waals surface area contributed by atoms with Crippen LogP contribution in [-0.2, 0) is 0 Å². The predicted molar refractivity (Wildman–Crippen MR) is 87.5 cm³/mol. The van der Waals surface area contributed by atoms with Gasteiger partial charge in [0.1, 0.15) is 4.34 Å². The topological polar surface area (TPSA) is 35.5 Å². The van der Waals surface area contributed by atoms with E-state index >= 15 is 0 Å². The minimum Gasteiger partial charge on any atom is -0.490 e. The third-order valence-corrected chi connectivity index (χ3v) is 5.13. The summed E-state index contributed by atoms with van der Waals surface area (Å²) in [4.78, 5) is 12.6. The van der Waals surface area contributed by atoms with Crippen LogP contribution in [0.2, 0.25) is 8.67 Å². The van der Waals surface area contributed by atoms with Gasteiger partial charge in [-0.2, -0.15) is 0 Å². The van der Waals surface area contributed by atoms with Gasteiger partial charge in [0.05, 0.1) is 23.1 Å². The molecule has 0 amide bonds. The fourth-order valence-corrected chi connectivity index (χ4v) is 3.96. The van der Waals surface area contributed by atoms with Crippen molar-refractivity contribution in [3.8, 4) is 11.5 Å². The molecular formula is C14H9BrCl2O3S. The van der Waals surface area contributed by atoms with Crippen LogP contribution in [-0.4, -0.2) is 19.0 Å². The van der Waals surface area contributed by atoms with Gasteiger partial charge in [-0.3, -0.25) is 4.79 Å². The number of ketones is 1. The molecule has 0 N–H and O–H groups in total. The largest absolute Gasteiger partial charge is 0.490 e. The van der Waals surface area contributed by atoms with E-state index in [1.807, 2.05) is 0 Å². The first-order chi connectivity index (χ1) is 10.1. The predicted octanol–water partition coefficient (Wildman–Crippen LogP) is 5.21. The summed E-state index contributed by atoms with van der Waals surface area (Å²) in [6.45, 7) is 1.16. The fraction of sp³-hybridized carbons (Fsp3) is 0.214. The van der Waals surface area contributed by atoms with Crippen molar-refractivity contribution in [3.05, 3.63) is 42.5 Å². The summed E-state index contributed by atoms with van der Waals surface area (Å²) in [5.41, 5.74) is 0.859. The van der Waals surface area contributed by atoms with Crippen LogP contribution >= 0.6 is 50.5 Å². The molecule has 0 radical (unpaired) electrons. The molecule has 110 valence electrons. The quantitative estimate of drug-likeness (QED) is 0.641. The highest BCUT2D eigenvalue weighted by Crippen LogP contribution is 2.38. The van der Waals surface area contributed by atoms with E-state index in [1.54, 1.807) is 18.2 Å². The minimum atomic E-state index is -0.203. The first kappa shape index (κ1) is 15.2. The highest BCUT2D eigenvalue weighted by molar-refractivity contribution is 9.10. The Bertz CT molecular complexity index is 714. The second-order valence-corrected chi connectivity index (χ2v) is 7.54.